The van der Waals surface area contributed by atoms with E-state index in [1.807, 2.05) is 0 Å². The van der Waals surface area contributed by atoms with Gasteiger partial charge in [-0.1, -0.05) is 41.4 Å². The van der Waals surface area contributed by atoms with Crippen LogP contribution in [0.2, 0.25) is 10.0 Å². The van der Waals surface area contributed by atoms with E-state index in [0.29, 0.717) is 15.4 Å². The highest BCUT2D eigenvalue weighted by atomic mass is 35.5. The molecule has 8 heteroatoms. The summed E-state index contributed by atoms with van der Waals surface area (Å²) in [6.45, 7) is -0.0258. The Labute approximate surface area is 158 Å². The Morgan fingerprint density at radius 1 is 1.12 bits per heavy atom. The predicted molar refractivity (Wildman–Crippen MR) is 102 cm³/mol. The summed E-state index contributed by atoms with van der Waals surface area (Å²) in [6, 6.07) is 11.5. The highest BCUT2D eigenvalue weighted by molar-refractivity contribution is 6.35. The smallest absolute Gasteiger partial charge is 0.273 e. The Balaban J connectivity index is 1.83. The third kappa shape index (κ3) is 3.66. The Morgan fingerprint density at radius 3 is 2.50 bits per heavy atom. The van der Waals surface area contributed by atoms with Crippen molar-refractivity contribution in [2.45, 2.75) is 13.1 Å². The average Bonchev–Trinajstić information content (AvgIpc) is 2.61. The van der Waals surface area contributed by atoms with E-state index in [1.165, 1.54) is 4.90 Å². The van der Waals surface area contributed by atoms with Crippen molar-refractivity contribution in [1.82, 2.24) is 14.7 Å². The minimum Gasteiger partial charge on any atom is -0.340 e. The molecule has 0 atom stereocenters. The minimum absolute atomic E-state index is 0.251. The van der Waals surface area contributed by atoms with Crippen molar-refractivity contribution < 1.29 is 4.79 Å². The Bertz CT molecular complexity index is 1100. The molecule has 0 aliphatic carbocycles. The van der Waals surface area contributed by atoms with Gasteiger partial charge in [-0.2, -0.15) is 0 Å². The molecule has 0 radical (unpaired) electrons. The molecule has 26 heavy (non-hydrogen) atoms. The summed E-state index contributed by atoms with van der Waals surface area (Å²) in [7, 11) is 1.59. The first kappa shape index (κ1) is 18.2. The number of nitrogens with one attached hydrogen (secondary N) is 1. The fourth-order valence-electron chi connectivity index (χ4n) is 2.61. The van der Waals surface area contributed by atoms with Crippen LogP contribution in [-0.2, 0) is 17.9 Å². The largest absolute Gasteiger partial charge is 0.340 e. The standard InChI is InChI=1S/C18H15Cl2N3O3/c1-22(9-11-6-7-12(19)8-15(11)20)16(24)10-23-18(26)14-5-3-2-4-13(14)17(25)21-23/h2-8H,9-10H2,1H3,(H,21,25). The molecule has 1 N–H and O–H groups in total. The summed E-state index contributed by atoms with van der Waals surface area (Å²) in [5.41, 5.74) is -0.117. The number of fused-ring (bicyclic) bond motifs is 1. The highest BCUT2D eigenvalue weighted by Gasteiger charge is 2.15. The minimum atomic E-state index is -0.425. The first-order valence-electron chi connectivity index (χ1n) is 7.76. The quantitative estimate of drug-likeness (QED) is 0.742. The molecule has 0 saturated heterocycles. The second kappa shape index (κ2) is 7.35. The van der Waals surface area contributed by atoms with Crippen molar-refractivity contribution in [3.8, 4) is 0 Å². The maximum absolute atomic E-state index is 12.5. The van der Waals surface area contributed by atoms with E-state index < -0.39 is 11.1 Å². The molecule has 2 aromatic carbocycles. The first-order chi connectivity index (χ1) is 12.4. The van der Waals surface area contributed by atoms with E-state index in [9.17, 15) is 14.4 Å². The van der Waals surface area contributed by atoms with Crippen LogP contribution in [-0.4, -0.2) is 27.6 Å². The summed E-state index contributed by atoms with van der Waals surface area (Å²) >= 11 is 12.0. The number of aromatic nitrogens is 2. The Morgan fingerprint density at radius 2 is 1.81 bits per heavy atom. The Hall–Kier alpha value is -2.57. The highest BCUT2D eigenvalue weighted by Crippen LogP contribution is 2.22. The second-order valence-corrected chi connectivity index (χ2v) is 6.71. The number of carbonyl (C=O) groups is 1. The van der Waals surface area contributed by atoms with Crippen LogP contribution in [0.5, 0.6) is 0 Å². The van der Waals surface area contributed by atoms with Crippen molar-refractivity contribution in [2.75, 3.05) is 7.05 Å². The van der Waals surface area contributed by atoms with Gasteiger partial charge in [0.15, 0.2) is 0 Å². The third-order valence-electron chi connectivity index (χ3n) is 4.03. The number of H-pyrrole nitrogens is 1. The van der Waals surface area contributed by atoms with Crippen LogP contribution in [0.15, 0.2) is 52.1 Å². The van der Waals surface area contributed by atoms with Crippen LogP contribution in [0.1, 0.15) is 5.56 Å². The molecule has 3 rings (SSSR count). The molecule has 0 fully saturated rings. The second-order valence-electron chi connectivity index (χ2n) is 5.86. The molecule has 0 saturated carbocycles. The molecule has 3 aromatic rings. The number of benzene rings is 2. The van der Waals surface area contributed by atoms with Crippen molar-refractivity contribution in [3.05, 3.63) is 78.8 Å². The molecule has 1 amide bonds. The van der Waals surface area contributed by atoms with Crippen LogP contribution in [0, 0.1) is 0 Å². The SMILES string of the molecule is CN(Cc1ccc(Cl)cc1Cl)C(=O)Cn1[nH]c(=O)c2ccccc2c1=O. The first-order valence-corrected chi connectivity index (χ1v) is 8.52. The maximum Gasteiger partial charge on any atom is 0.273 e. The monoisotopic (exact) mass is 391 g/mol. The van der Waals surface area contributed by atoms with Crippen LogP contribution in [0.3, 0.4) is 0 Å². The molecule has 1 aromatic heterocycles. The summed E-state index contributed by atoms with van der Waals surface area (Å²) in [6.07, 6.45) is 0. The zero-order valence-electron chi connectivity index (χ0n) is 13.8. The van der Waals surface area contributed by atoms with Crippen molar-refractivity contribution in [3.63, 3.8) is 0 Å². The average molecular weight is 392 g/mol. The van der Waals surface area contributed by atoms with E-state index >= 15 is 0 Å². The molecule has 0 aliphatic rings. The molecule has 0 unspecified atom stereocenters. The van der Waals surface area contributed by atoms with E-state index in [-0.39, 0.29) is 24.4 Å². The van der Waals surface area contributed by atoms with Gasteiger partial charge >= 0.3 is 0 Å². The zero-order valence-corrected chi connectivity index (χ0v) is 15.3. The summed E-state index contributed by atoms with van der Waals surface area (Å²) in [5.74, 6) is -0.343. The fraction of sp³-hybridized carbons (Fsp3) is 0.167. The normalized spacial score (nSPS) is 10.9. The molecule has 134 valence electrons. The van der Waals surface area contributed by atoms with Gasteiger partial charge in [-0.3, -0.25) is 19.5 Å². The summed E-state index contributed by atoms with van der Waals surface area (Å²) in [5, 5.41) is 3.97. The van der Waals surface area contributed by atoms with Crippen molar-refractivity contribution in [1.29, 1.82) is 0 Å². The van der Waals surface area contributed by atoms with E-state index in [1.54, 1.807) is 49.5 Å². The van der Waals surface area contributed by atoms with E-state index in [4.69, 9.17) is 23.2 Å². The number of aromatic amines is 1. The maximum atomic E-state index is 12.5. The number of carbonyl (C=O) groups excluding carboxylic acids is 1. The van der Waals surface area contributed by atoms with Gasteiger partial charge in [0.25, 0.3) is 11.1 Å². The van der Waals surface area contributed by atoms with Crippen LogP contribution in [0.25, 0.3) is 10.8 Å². The topological polar surface area (TPSA) is 75.2 Å². The van der Waals surface area contributed by atoms with Crippen LogP contribution >= 0.6 is 23.2 Å². The molecule has 0 bridgehead atoms. The van der Waals surface area contributed by atoms with Gasteiger partial charge in [-0.15, -0.1) is 0 Å². The third-order valence-corrected chi connectivity index (χ3v) is 4.61. The van der Waals surface area contributed by atoms with Crippen molar-refractivity contribution in [2.24, 2.45) is 0 Å². The molecule has 0 aliphatic heterocycles. The van der Waals surface area contributed by atoms with Gasteiger partial charge in [-0.25, -0.2) is 4.68 Å². The zero-order chi connectivity index (χ0) is 18.8. The van der Waals surface area contributed by atoms with Gasteiger partial charge < -0.3 is 4.90 Å². The van der Waals surface area contributed by atoms with Gasteiger partial charge in [0, 0.05) is 23.6 Å². The lowest BCUT2D eigenvalue weighted by Crippen LogP contribution is -2.37. The van der Waals surface area contributed by atoms with Crippen LogP contribution in [0.4, 0.5) is 0 Å². The summed E-state index contributed by atoms with van der Waals surface area (Å²) < 4.78 is 1.02. The fourth-order valence-corrected chi connectivity index (χ4v) is 3.08. The van der Waals surface area contributed by atoms with E-state index in [2.05, 4.69) is 5.10 Å². The lowest BCUT2D eigenvalue weighted by atomic mass is 10.2. The van der Waals surface area contributed by atoms with Gasteiger partial charge in [0.1, 0.15) is 6.54 Å². The van der Waals surface area contributed by atoms with Crippen molar-refractivity contribution >= 4 is 39.9 Å². The van der Waals surface area contributed by atoms with Crippen LogP contribution < -0.4 is 11.1 Å². The number of hydrogen-bond donors (Lipinski definition) is 1. The number of nitrogens with zero attached hydrogens (tertiary/aromatic N) is 2. The molecular formula is C18H15Cl2N3O3. The number of likely N-dealkylation sites (N-methyl/N-ethyl adjacent to an activating group) is 1. The van der Waals surface area contributed by atoms with Gasteiger partial charge in [0.05, 0.1) is 10.8 Å². The Kier molecular flexibility index (Phi) is 5.15. The lowest BCUT2D eigenvalue weighted by Gasteiger charge is -2.18. The molecular weight excluding hydrogens is 377 g/mol. The van der Waals surface area contributed by atoms with Gasteiger partial charge in [-0.05, 0) is 29.8 Å². The number of halogens is 2. The number of amides is 1. The lowest BCUT2D eigenvalue weighted by molar-refractivity contribution is -0.131. The predicted octanol–water partition coefficient (Wildman–Crippen LogP) is 2.66. The molecule has 0 spiro atoms. The number of rotatable bonds is 4. The number of hydrogen-bond acceptors (Lipinski definition) is 3. The van der Waals surface area contributed by atoms with Gasteiger partial charge in [0.2, 0.25) is 5.91 Å². The summed E-state index contributed by atoms with van der Waals surface area (Å²) in [4.78, 5) is 38.5. The molecule has 6 nitrogen and oxygen atoms in total. The molecule has 1 heterocycles. The van der Waals surface area contributed by atoms with E-state index in [0.717, 1.165) is 10.2 Å².